The number of nitrogens with zero attached hydrogens (tertiary/aromatic N) is 2. The maximum atomic E-state index is 11.4. The highest BCUT2D eigenvalue weighted by atomic mass is 32.2. The van der Waals surface area contributed by atoms with Gasteiger partial charge in [-0.3, -0.25) is 4.21 Å². The van der Waals surface area contributed by atoms with Crippen LogP contribution in [0.5, 0.6) is 0 Å². The van der Waals surface area contributed by atoms with E-state index >= 15 is 0 Å². The Kier molecular flexibility index (Phi) is 4.22. The summed E-state index contributed by atoms with van der Waals surface area (Å²) in [5, 5.41) is 3.40. The molecule has 0 radical (unpaired) electrons. The van der Waals surface area contributed by atoms with Crippen molar-refractivity contribution in [2.24, 2.45) is 0 Å². The molecule has 0 aliphatic carbocycles. The van der Waals surface area contributed by atoms with Crippen LogP contribution in [-0.2, 0) is 16.2 Å². The van der Waals surface area contributed by atoms with Crippen molar-refractivity contribution in [2.75, 3.05) is 25.1 Å². The van der Waals surface area contributed by atoms with Crippen LogP contribution >= 0.6 is 0 Å². The zero-order valence-corrected chi connectivity index (χ0v) is 12.3. The van der Waals surface area contributed by atoms with Crippen LogP contribution in [0.1, 0.15) is 38.4 Å². The highest BCUT2D eigenvalue weighted by Gasteiger charge is 2.32. The molecule has 1 aromatic rings. The Labute approximate surface area is 112 Å². The van der Waals surface area contributed by atoms with Gasteiger partial charge in [-0.25, -0.2) is 4.98 Å². The first kappa shape index (κ1) is 13.7. The third kappa shape index (κ3) is 2.83. The summed E-state index contributed by atoms with van der Waals surface area (Å²) in [5.74, 6) is 0.692. The van der Waals surface area contributed by atoms with Crippen molar-refractivity contribution in [3.05, 3.63) is 18.2 Å². The normalized spacial score (nSPS) is 22.6. The van der Waals surface area contributed by atoms with Gasteiger partial charge in [-0.1, -0.05) is 6.92 Å². The Bertz CT molecular complexity index is 424. The van der Waals surface area contributed by atoms with E-state index in [9.17, 15) is 4.21 Å². The number of aromatic nitrogens is 2. The molecule has 0 spiro atoms. The van der Waals surface area contributed by atoms with Crippen LogP contribution in [0.4, 0.5) is 0 Å². The SMILES string of the molecule is CC(CS(C)=O)n1cncc1C1(C)CCNCC1. The zero-order chi connectivity index (χ0) is 13.2. The molecule has 1 aliphatic rings. The summed E-state index contributed by atoms with van der Waals surface area (Å²) < 4.78 is 13.6. The first-order valence-corrected chi connectivity index (χ1v) is 8.29. The summed E-state index contributed by atoms with van der Waals surface area (Å²) in [6.45, 7) is 6.57. The van der Waals surface area contributed by atoms with Gasteiger partial charge in [0.05, 0.1) is 6.33 Å². The highest BCUT2D eigenvalue weighted by Crippen LogP contribution is 2.33. The van der Waals surface area contributed by atoms with Gasteiger partial charge in [-0.05, 0) is 32.9 Å². The summed E-state index contributed by atoms with van der Waals surface area (Å²) in [7, 11) is -0.768. The van der Waals surface area contributed by atoms with E-state index in [0.717, 1.165) is 25.9 Å². The van der Waals surface area contributed by atoms with Crippen LogP contribution < -0.4 is 5.32 Å². The van der Waals surface area contributed by atoms with E-state index in [1.807, 2.05) is 12.5 Å². The lowest BCUT2D eigenvalue weighted by molar-refractivity contribution is 0.312. The first-order chi connectivity index (χ1) is 8.53. The molecule has 102 valence electrons. The van der Waals surface area contributed by atoms with Crippen molar-refractivity contribution < 1.29 is 4.21 Å². The molecular formula is C13H23N3OS. The lowest BCUT2D eigenvalue weighted by atomic mass is 9.78. The fourth-order valence-electron chi connectivity index (χ4n) is 2.78. The van der Waals surface area contributed by atoms with Crippen LogP contribution in [0.25, 0.3) is 0 Å². The van der Waals surface area contributed by atoms with Crippen molar-refractivity contribution in [3.63, 3.8) is 0 Å². The van der Waals surface area contributed by atoms with Crippen molar-refractivity contribution in [3.8, 4) is 0 Å². The van der Waals surface area contributed by atoms with Crippen LogP contribution in [0.15, 0.2) is 12.5 Å². The van der Waals surface area contributed by atoms with Gasteiger partial charge in [0, 0.05) is 46.2 Å². The summed E-state index contributed by atoms with van der Waals surface area (Å²) in [6, 6.07) is 0.250. The maximum absolute atomic E-state index is 11.4. The average molecular weight is 269 g/mol. The number of imidazole rings is 1. The molecule has 2 unspecified atom stereocenters. The number of hydrogen-bond donors (Lipinski definition) is 1. The molecule has 18 heavy (non-hydrogen) atoms. The number of rotatable bonds is 4. The summed E-state index contributed by atoms with van der Waals surface area (Å²) in [6.07, 6.45) is 7.92. The lowest BCUT2D eigenvalue weighted by Crippen LogP contribution is -2.39. The zero-order valence-electron chi connectivity index (χ0n) is 11.5. The van der Waals surface area contributed by atoms with Crippen LogP contribution in [0.2, 0.25) is 0 Å². The smallest absolute Gasteiger partial charge is 0.0951 e. The molecule has 5 heteroatoms. The number of hydrogen-bond acceptors (Lipinski definition) is 3. The standard InChI is InChI=1S/C13H23N3OS/c1-11(9-18(3)17)16-10-15-8-12(16)13(2)4-6-14-7-5-13/h8,10-11,14H,4-7,9H2,1-3H3. The summed E-state index contributed by atoms with van der Waals surface area (Å²) >= 11 is 0. The van der Waals surface area contributed by atoms with E-state index in [1.165, 1.54) is 5.69 Å². The van der Waals surface area contributed by atoms with Gasteiger partial charge in [0.1, 0.15) is 0 Å². The van der Waals surface area contributed by atoms with Crippen molar-refractivity contribution in [2.45, 2.75) is 38.1 Å². The van der Waals surface area contributed by atoms with Gasteiger partial charge in [0.15, 0.2) is 0 Å². The minimum Gasteiger partial charge on any atom is -0.330 e. The van der Waals surface area contributed by atoms with Crippen molar-refractivity contribution >= 4 is 10.8 Å². The molecule has 4 nitrogen and oxygen atoms in total. The van der Waals surface area contributed by atoms with Crippen LogP contribution in [0.3, 0.4) is 0 Å². The Morgan fingerprint density at radius 3 is 2.83 bits per heavy atom. The second-order valence-electron chi connectivity index (χ2n) is 5.59. The van der Waals surface area contributed by atoms with Crippen LogP contribution in [-0.4, -0.2) is 38.9 Å². The Hall–Kier alpha value is -0.680. The van der Waals surface area contributed by atoms with Gasteiger partial charge >= 0.3 is 0 Å². The molecule has 0 bridgehead atoms. The quantitative estimate of drug-likeness (QED) is 0.900. The van der Waals surface area contributed by atoms with Crippen molar-refractivity contribution in [1.29, 1.82) is 0 Å². The van der Waals surface area contributed by atoms with E-state index in [-0.39, 0.29) is 11.5 Å². The number of piperidine rings is 1. The highest BCUT2D eigenvalue weighted by molar-refractivity contribution is 7.84. The second kappa shape index (κ2) is 5.53. The minimum absolute atomic E-state index is 0.200. The van der Waals surface area contributed by atoms with Gasteiger partial charge in [-0.15, -0.1) is 0 Å². The van der Waals surface area contributed by atoms with Crippen molar-refractivity contribution in [1.82, 2.24) is 14.9 Å². The molecule has 1 fully saturated rings. The van der Waals surface area contributed by atoms with E-state index in [0.29, 0.717) is 5.75 Å². The molecule has 1 aliphatic heterocycles. The molecule has 2 heterocycles. The second-order valence-corrected chi connectivity index (χ2v) is 7.07. The Morgan fingerprint density at radius 1 is 1.56 bits per heavy atom. The van der Waals surface area contributed by atoms with E-state index < -0.39 is 10.8 Å². The molecule has 1 saturated heterocycles. The number of nitrogens with one attached hydrogen (secondary N) is 1. The maximum Gasteiger partial charge on any atom is 0.0951 e. The molecule has 0 amide bonds. The minimum atomic E-state index is -0.768. The molecule has 0 aromatic carbocycles. The Morgan fingerprint density at radius 2 is 2.22 bits per heavy atom. The molecule has 1 aromatic heterocycles. The first-order valence-electron chi connectivity index (χ1n) is 6.56. The summed E-state index contributed by atoms with van der Waals surface area (Å²) in [4.78, 5) is 4.31. The fourth-order valence-corrected chi connectivity index (χ4v) is 3.62. The van der Waals surface area contributed by atoms with E-state index in [1.54, 1.807) is 6.26 Å². The Balaban J connectivity index is 2.23. The van der Waals surface area contributed by atoms with Gasteiger partial charge in [0.2, 0.25) is 0 Å². The predicted molar refractivity (Wildman–Crippen MR) is 75.3 cm³/mol. The third-order valence-electron chi connectivity index (χ3n) is 3.94. The molecule has 2 rings (SSSR count). The van der Waals surface area contributed by atoms with Gasteiger partial charge < -0.3 is 9.88 Å². The van der Waals surface area contributed by atoms with E-state index in [2.05, 4.69) is 28.7 Å². The third-order valence-corrected chi connectivity index (χ3v) is 4.89. The average Bonchev–Trinajstić information content (AvgIpc) is 2.78. The lowest BCUT2D eigenvalue weighted by Gasteiger charge is -2.35. The molecular weight excluding hydrogens is 246 g/mol. The largest absolute Gasteiger partial charge is 0.330 e. The molecule has 2 atom stereocenters. The fraction of sp³-hybridized carbons (Fsp3) is 0.769. The molecule has 1 N–H and O–H groups in total. The topological polar surface area (TPSA) is 46.9 Å². The summed E-state index contributed by atoms with van der Waals surface area (Å²) in [5.41, 5.74) is 1.49. The van der Waals surface area contributed by atoms with Gasteiger partial charge in [-0.2, -0.15) is 0 Å². The predicted octanol–water partition coefficient (Wildman–Crippen LogP) is 1.46. The van der Waals surface area contributed by atoms with Crippen LogP contribution in [0, 0.1) is 0 Å². The molecule has 0 saturated carbocycles. The van der Waals surface area contributed by atoms with Gasteiger partial charge in [0.25, 0.3) is 0 Å². The van der Waals surface area contributed by atoms with E-state index in [4.69, 9.17) is 0 Å². The monoisotopic (exact) mass is 269 g/mol.